The molecule has 9 heteroatoms. The first-order chi connectivity index (χ1) is 15.6. The molecule has 0 spiro atoms. The van der Waals surface area contributed by atoms with Gasteiger partial charge in [-0.05, 0) is 17.7 Å². The zero-order valence-corrected chi connectivity index (χ0v) is 20.5. The summed E-state index contributed by atoms with van der Waals surface area (Å²) < 4.78 is 4.78. The Balaban J connectivity index is 2.34. The van der Waals surface area contributed by atoms with E-state index in [1.54, 1.807) is 11.6 Å². The van der Waals surface area contributed by atoms with Crippen molar-refractivity contribution in [1.29, 1.82) is 0 Å². The van der Waals surface area contributed by atoms with Gasteiger partial charge in [0, 0.05) is 17.5 Å². The third kappa shape index (κ3) is 7.21. The molecule has 2 amide bonds. The van der Waals surface area contributed by atoms with Crippen LogP contribution in [0.25, 0.3) is 0 Å². The molecule has 33 heavy (non-hydrogen) atoms. The molecule has 0 saturated carbocycles. The van der Waals surface area contributed by atoms with Crippen molar-refractivity contribution in [2.75, 3.05) is 7.11 Å². The van der Waals surface area contributed by atoms with Gasteiger partial charge in [0.15, 0.2) is 0 Å². The van der Waals surface area contributed by atoms with Gasteiger partial charge >= 0.3 is 5.97 Å². The Bertz CT molecular complexity index is 941. The van der Waals surface area contributed by atoms with E-state index in [-0.39, 0.29) is 18.2 Å². The van der Waals surface area contributed by atoms with E-state index >= 15 is 0 Å². The van der Waals surface area contributed by atoms with E-state index < -0.39 is 35.4 Å². The molecule has 178 valence electrons. The summed E-state index contributed by atoms with van der Waals surface area (Å²) in [7, 11) is 1.29. The first-order valence-electron chi connectivity index (χ1n) is 10.7. The Morgan fingerprint density at radius 2 is 1.82 bits per heavy atom. The number of nitrogens with zero attached hydrogens (tertiary/aromatic N) is 2. The summed E-state index contributed by atoms with van der Waals surface area (Å²) >= 11 is 1.32. The summed E-state index contributed by atoms with van der Waals surface area (Å²) in [5.41, 5.74) is 0.410. The second-order valence-corrected chi connectivity index (χ2v) is 9.77. The Morgan fingerprint density at radius 1 is 1.15 bits per heavy atom. The maximum absolute atomic E-state index is 13.5. The van der Waals surface area contributed by atoms with Crippen molar-refractivity contribution >= 4 is 35.8 Å². The van der Waals surface area contributed by atoms with Crippen LogP contribution in [-0.2, 0) is 19.1 Å². The van der Waals surface area contributed by atoms with Crippen molar-refractivity contribution in [3.8, 4) is 0 Å². The van der Waals surface area contributed by atoms with E-state index in [0.29, 0.717) is 5.01 Å². The maximum Gasteiger partial charge on any atom is 0.308 e. The van der Waals surface area contributed by atoms with Crippen molar-refractivity contribution in [1.82, 2.24) is 15.6 Å². The molecular formula is C24H32N4O4S. The second kappa shape index (κ2) is 11.7. The number of aromatic nitrogens is 1. The monoisotopic (exact) mass is 472 g/mol. The number of carbonyl (C=O) groups excluding carboxylic acids is 3. The van der Waals surface area contributed by atoms with Crippen LogP contribution in [0.1, 0.15) is 56.6 Å². The van der Waals surface area contributed by atoms with Gasteiger partial charge in [0.1, 0.15) is 17.1 Å². The average molecular weight is 473 g/mol. The Labute approximate surface area is 198 Å². The van der Waals surface area contributed by atoms with Crippen molar-refractivity contribution in [3.63, 3.8) is 0 Å². The first-order valence-corrected chi connectivity index (χ1v) is 11.5. The molecular weight excluding hydrogens is 440 g/mol. The number of nitrogens with one attached hydrogen (secondary N) is 2. The van der Waals surface area contributed by atoms with E-state index in [1.807, 2.05) is 58.0 Å². The van der Waals surface area contributed by atoms with Gasteiger partial charge in [0.25, 0.3) is 0 Å². The third-order valence-electron chi connectivity index (χ3n) is 5.32. The van der Waals surface area contributed by atoms with Gasteiger partial charge in [-0.15, -0.1) is 11.3 Å². The number of hydrogen-bond donors (Lipinski definition) is 2. The van der Waals surface area contributed by atoms with Crippen molar-refractivity contribution < 1.29 is 19.1 Å². The molecule has 1 aromatic carbocycles. The minimum atomic E-state index is -0.911. The summed E-state index contributed by atoms with van der Waals surface area (Å²) in [6.45, 7) is 11.1. The molecule has 1 heterocycles. The highest BCUT2D eigenvalue weighted by Crippen LogP contribution is 2.26. The normalized spacial score (nSPS) is 14.9. The molecule has 0 aliphatic carbocycles. The predicted octanol–water partition coefficient (Wildman–Crippen LogP) is 3.27. The van der Waals surface area contributed by atoms with Gasteiger partial charge in [0.2, 0.25) is 11.8 Å². The highest BCUT2D eigenvalue weighted by atomic mass is 32.1. The summed E-state index contributed by atoms with van der Waals surface area (Å²) in [4.78, 5) is 46.8. The lowest BCUT2D eigenvalue weighted by Gasteiger charge is -2.31. The fourth-order valence-corrected chi connectivity index (χ4v) is 4.16. The molecule has 2 aromatic rings. The number of aliphatic imine (C=N–C) groups is 1. The minimum Gasteiger partial charge on any atom is -0.469 e. The van der Waals surface area contributed by atoms with Gasteiger partial charge < -0.3 is 15.4 Å². The van der Waals surface area contributed by atoms with Crippen LogP contribution in [0.15, 0.2) is 46.9 Å². The van der Waals surface area contributed by atoms with Gasteiger partial charge in [-0.3, -0.25) is 19.4 Å². The highest BCUT2D eigenvalue weighted by Gasteiger charge is 2.36. The quantitative estimate of drug-likeness (QED) is 0.407. The van der Waals surface area contributed by atoms with E-state index in [9.17, 15) is 14.4 Å². The Morgan fingerprint density at radius 3 is 2.33 bits per heavy atom. The largest absolute Gasteiger partial charge is 0.469 e. The molecule has 2 N–H and O–H groups in total. The summed E-state index contributed by atoms with van der Waals surface area (Å²) in [5.74, 6) is -1.65. The molecule has 2 rings (SSSR count). The zero-order chi connectivity index (χ0) is 24.6. The number of ether oxygens (including phenoxy) is 1. The number of carbonyl (C=O) groups is 3. The van der Waals surface area contributed by atoms with Gasteiger partial charge in [-0.1, -0.05) is 58.0 Å². The van der Waals surface area contributed by atoms with Crippen LogP contribution in [0.3, 0.4) is 0 Å². The van der Waals surface area contributed by atoms with Gasteiger partial charge in [-0.25, -0.2) is 4.98 Å². The molecule has 2 unspecified atom stereocenters. The van der Waals surface area contributed by atoms with Crippen molar-refractivity contribution in [3.05, 3.63) is 52.5 Å². The average Bonchev–Trinajstić information content (AvgIpc) is 3.31. The van der Waals surface area contributed by atoms with Crippen LogP contribution >= 0.6 is 11.3 Å². The second-order valence-electron chi connectivity index (χ2n) is 8.85. The number of esters is 1. The minimum absolute atomic E-state index is 0.0744. The predicted molar refractivity (Wildman–Crippen MR) is 129 cm³/mol. The molecule has 4 atom stereocenters. The first kappa shape index (κ1) is 26.2. The molecule has 8 nitrogen and oxygen atoms in total. The highest BCUT2D eigenvalue weighted by molar-refractivity contribution is 7.09. The van der Waals surface area contributed by atoms with Crippen LogP contribution in [0.5, 0.6) is 0 Å². The summed E-state index contributed by atoms with van der Waals surface area (Å²) in [6.07, 6.45) is 1.53. The van der Waals surface area contributed by atoms with E-state index in [1.165, 1.54) is 18.4 Å². The van der Waals surface area contributed by atoms with E-state index in [4.69, 9.17) is 4.74 Å². The van der Waals surface area contributed by atoms with Gasteiger partial charge in [0.05, 0.1) is 19.6 Å². The number of rotatable bonds is 10. The lowest BCUT2D eigenvalue weighted by Crippen LogP contribution is -2.54. The Hall–Kier alpha value is -3.07. The maximum atomic E-state index is 13.5. The topological polar surface area (TPSA) is 110 Å². The SMILES string of the molecule is C=NC(C(=O)N[C@H](C(=O)N[C@H](CC(=O)OC)c1nccs1)C(C)c1ccccc1)C(C)(C)C. The van der Waals surface area contributed by atoms with Crippen molar-refractivity contribution in [2.24, 2.45) is 10.4 Å². The number of hydrogen-bond acceptors (Lipinski definition) is 7. The molecule has 0 bridgehead atoms. The zero-order valence-electron chi connectivity index (χ0n) is 19.7. The van der Waals surface area contributed by atoms with E-state index in [2.05, 4.69) is 27.3 Å². The Kier molecular flexibility index (Phi) is 9.28. The summed E-state index contributed by atoms with van der Waals surface area (Å²) in [6, 6.07) is 7.11. The van der Waals surface area contributed by atoms with Crippen molar-refractivity contribution in [2.45, 2.75) is 58.2 Å². The number of methoxy groups -OCH3 is 1. The fraction of sp³-hybridized carbons (Fsp3) is 0.458. The third-order valence-corrected chi connectivity index (χ3v) is 6.21. The number of amides is 2. The molecule has 0 aliphatic rings. The van der Waals surface area contributed by atoms with Crippen LogP contribution in [-0.4, -0.2) is 48.7 Å². The molecule has 0 radical (unpaired) electrons. The lowest BCUT2D eigenvalue weighted by molar-refractivity contribution is -0.141. The molecule has 1 aromatic heterocycles. The summed E-state index contributed by atoms with van der Waals surface area (Å²) in [5, 5.41) is 8.10. The van der Waals surface area contributed by atoms with Crippen LogP contribution in [0.2, 0.25) is 0 Å². The fourth-order valence-electron chi connectivity index (χ4n) is 3.47. The molecule has 0 aliphatic heterocycles. The van der Waals surface area contributed by atoms with Crippen LogP contribution in [0.4, 0.5) is 0 Å². The van der Waals surface area contributed by atoms with Crippen LogP contribution in [0, 0.1) is 5.41 Å². The smallest absolute Gasteiger partial charge is 0.308 e. The van der Waals surface area contributed by atoms with Gasteiger partial charge in [-0.2, -0.15) is 0 Å². The standard InChI is InChI=1S/C24H32N4O4S/c1-15(16-10-8-7-9-11-16)19(28-22(31)20(25-5)24(2,3)4)21(30)27-17(14-18(29)32-6)23-26-12-13-33-23/h7-13,15,17,19-20H,5,14H2,1-4,6H3,(H,27,30)(H,28,31)/t15?,17-,19+,20?/m1/s1. The molecule has 0 fully saturated rings. The molecule has 0 saturated heterocycles. The van der Waals surface area contributed by atoms with Crippen LogP contribution < -0.4 is 10.6 Å². The van der Waals surface area contributed by atoms with E-state index in [0.717, 1.165) is 5.56 Å². The lowest BCUT2D eigenvalue weighted by atomic mass is 9.85. The number of thiazole rings is 1. The number of benzene rings is 1.